The van der Waals surface area contributed by atoms with Crippen LogP contribution >= 0.6 is 7.82 Å². The Kier molecular flexibility index (Phi) is 16.6. The van der Waals surface area contributed by atoms with E-state index in [0.717, 1.165) is 24.3 Å². The fourth-order valence-electron chi connectivity index (χ4n) is 12.6. The number of benzene rings is 8. The van der Waals surface area contributed by atoms with Gasteiger partial charge in [-0.2, -0.15) is 105 Å². The van der Waals surface area contributed by atoms with Gasteiger partial charge in [0.1, 0.15) is 5.75 Å². The van der Waals surface area contributed by atoms with E-state index in [2.05, 4.69) is 0 Å². The molecule has 11 rings (SSSR count). The number of hydrogen-bond donors (Lipinski definition) is 1. The van der Waals surface area contributed by atoms with Crippen molar-refractivity contribution in [2.75, 3.05) is 0 Å². The third kappa shape index (κ3) is 13.9. The van der Waals surface area contributed by atoms with Crippen molar-refractivity contribution >= 4 is 7.82 Å². The first-order valence-corrected chi connectivity index (χ1v) is 29.6. The predicted molar refractivity (Wildman–Crippen MR) is 296 cm³/mol. The van der Waals surface area contributed by atoms with E-state index in [-0.39, 0.29) is 120 Å². The van der Waals surface area contributed by atoms with Crippen molar-refractivity contribution in [3.63, 3.8) is 0 Å². The topological polar surface area (TPSA) is 55.8 Å². The van der Waals surface area contributed by atoms with Crippen molar-refractivity contribution in [1.82, 2.24) is 0 Å². The van der Waals surface area contributed by atoms with Gasteiger partial charge in [0.15, 0.2) is 0 Å². The smallest absolute Gasteiger partial charge is 0.403 e. The Hall–Kier alpha value is -7.97. The number of hydrogen-bond acceptors (Lipinski definition) is 3. The zero-order valence-electron chi connectivity index (χ0n) is 48.0. The highest BCUT2D eigenvalue weighted by Crippen LogP contribution is 2.63. The van der Waals surface area contributed by atoms with Crippen LogP contribution in [0.4, 0.5) is 105 Å². The summed E-state index contributed by atoms with van der Waals surface area (Å²) in [6, 6.07) is 12.9. The summed E-state index contributed by atoms with van der Waals surface area (Å²) in [6.45, 7) is 3.56. The van der Waals surface area contributed by atoms with Gasteiger partial charge in [0.2, 0.25) is 0 Å². The fraction of sp³-hybridized carbons (Fsp3) is 0.273. The van der Waals surface area contributed by atoms with E-state index >= 15 is 4.57 Å². The van der Waals surface area contributed by atoms with Gasteiger partial charge in [-0.25, -0.2) is 4.57 Å². The Morgan fingerprint density at radius 3 is 1.05 bits per heavy atom. The molecule has 0 amide bonds. The molecule has 0 fully saturated rings. The maximum Gasteiger partial charge on any atom is 0.527 e. The molecule has 0 bridgehead atoms. The van der Waals surface area contributed by atoms with Gasteiger partial charge in [0, 0.05) is 23.0 Å². The molecule has 3 aliphatic rings. The van der Waals surface area contributed by atoms with E-state index in [4.69, 9.17) is 9.05 Å². The minimum absolute atomic E-state index is 0.0161. The summed E-state index contributed by atoms with van der Waals surface area (Å²) in [6.07, 6.45) is -46.5. The highest BCUT2D eigenvalue weighted by Gasteiger charge is 2.51. The first-order chi connectivity index (χ1) is 43.6. The van der Waals surface area contributed by atoms with E-state index in [1.165, 1.54) is 30.3 Å². The lowest BCUT2D eigenvalue weighted by atomic mass is 9.65. The third-order valence-corrected chi connectivity index (χ3v) is 18.1. The Labute approximate surface area is 521 Å². The number of phosphoric ester groups is 1. The zero-order valence-corrected chi connectivity index (χ0v) is 48.9. The van der Waals surface area contributed by atoms with Crippen LogP contribution in [0.3, 0.4) is 0 Å². The van der Waals surface area contributed by atoms with Gasteiger partial charge in [-0.15, -0.1) is 0 Å². The van der Waals surface area contributed by atoms with E-state index < -0.39 is 187 Å². The first kappa shape index (κ1) is 68.4. The second kappa shape index (κ2) is 23.1. The molecule has 1 N–H and O–H groups in total. The van der Waals surface area contributed by atoms with Crippen molar-refractivity contribution in [2.45, 2.75) is 100 Å². The van der Waals surface area contributed by atoms with E-state index in [1.54, 1.807) is 13.8 Å². The molecule has 0 spiro atoms. The molecule has 0 saturated carbocycles. The maximum absolute atomic E-state index is 15.1. The van der Waals surface area contributed by atoms with Gasteiger partial charge in [0.05, 0.1) is 50.6 Å². The van der Waals surface area contributed by atoms with Crippen molar-refractivity contribution in [3.05, 3.63) is 217 Å². The van der Waals surface area contributed by atoms with E-state index in [0.29, 0.717) is 23.3 Å². The Balaban J connectivity index is 1.23. The van der Waals surface area contributed by atoms with Crippen LogP contribution < -0.4 is 4.52 Å². The van der Waals surface area contributed by atoms with Crippen LogP contribution in [0.25, 0.3) is 55.6 Å². The Morgan fingerprint density at radius 1 is 0.379 bits per heavy atom. The van der Waals surface area contributed by atoms with Crippen LogP contribution in [0.2, 0.25) is 0 Å². The van der Waals surface area contributed by atoms with Crippen LogP contribution in [0.5, 0.6) is 5.75 Å². The average Bonchev–Trinajstić information content (AvgIpc) is 1.69. The summed E-state index contributed by atoms with van der Waals surface area (Å²) in [4.78, 5) is 12.2. The van der Waals surface area contributed by atoms with Crippen LogP contribution in [-0.4, -0.2) is 11.0 Å². The Morgan fingerprint density at radius 2 is 0.695 bits per heavy atom. The SMILES string of the molecule is CC1Cc2cc(-c3cc(-c4cc(C(F)(F)F)cc(C(F)(F)F)c4)cc(-c4cc(C(F)(F)F)cc(C(F)(F)F)c4)c3)c3c(c2CC1C)[C@H]1c2ccccc2CC(c2cc(-c4cc(C(F)(F)F)cc(C(F)(F)F)c4)cc(-c4cc(C(F)(F)F)cc(C(F)(F)F)c4)c2)C1OP(=O)(O)O3. The predicted octanol–water partition coefficient (Wildman–Crippen LogP) is 22.9. The van der Waals surface area contributed by atoms with Crippen molar-refractivity contribution in [1.29, 1.82) is 0 Å². The zero-order chi connectivity index (χ0) is 69.6. The number of rotatable bonds is 6. The van der Waals surface area contributed by atoms with Crippen LogP contribution in [-0.2, 0) is 77.8 Å². The lowest BCUT2D eigenvalue weighted by molar-refractivity contribution is -0.144. The maximum atomic E-state index is 15.1. The first-order valence-electron chi connectivity index (χ1n) is 28.1. The van der Waals surface area contributed by atoms with Gasteiger partial charge >= 0.3 is 57.2 Å². The molecule has 8 aromatic rings. The average molecular weight is 1380 g/mol. The van der Waals surface area contributed by atoms with Crippen molar-refractivity contribution in [2.24, 2.45) is 11.8 Å². The normalized spacial score (nSPS) is 20.5. The third-order valence-electron chi connectivity index (χ3n) is 17.2. The molecule has 1 aliphatic heterocycles. The second-order valence-electron chi connectivity index (χ2n) is 23.6. The van der Waals surface area contributed by atoms with Crippen molar-refractivity contribution < 1.29 is 124 Å². The Bertz CT molecular complexity index is 4100. The fourth-order valence-corrected chi connectivity index (χ4v) is 13.6. The molecule has 0 radical (unpaired) electrons. The summed E-state index contributed by atoms with van der Waals surface area (Å²) in [5.41, 5.74) is -22.4. The molecule has 2 aliphatic carbocycles. The molecule has 6 atom stereocenters. The molecule has 29 heteroatoms. The summed E-state index contributed by atoms with van der Waals surface area (Å²) in [5, 5.41) is 0. The number of halogens is 24. The second-order valence-corrected chi connectivity index (χ2v) is 24.9. The molecular formula is C66H41F24O4P. The summed E-state index contributed by atoms with van der Waals surface area (Å²) < 4.78 is 376. The molecule has 95 heavy (non-hydrogen) atoms. The van der Waals surface area contributed by atoms with Crippen LogP contribution in [0.15, 0.2) is 140 Å². The number of alkyl halides is 24. The quantitative estimate of drug-likeness (QED) is 0.133. The van der Waals surface area contributed by atoms with Crippen molar-refractivity contribution in [3.8, 4) is 61.4 Å². The molecule has 8 aromatic carbocycles. The van der Waals surface area contributed by atoms with Gasteiger partial charge < -0.3 is 4.52 Å². The highest BCUT2D eigenvalue weighted by atomic mass is 31.2. The molecule has 4 nitrogen and oxygen atoms in total. The van der Waals surface area contributed by atoms with Crippen LogP contribution in [0, 0.1) is 11.8 Å². The number of phosphoric acid groups is 1. The largest absolute Gasteiger partial charge is 0.527 e. The summed E-state index contributed by atoms with van der Waals surface area (Å²) in [5.74, 6) is -4.50. The monoisotopic (exact) mass is 1380 g/mol. The molecule has 502 valence electrons. The lowest BCUT2D eigenvalue weighted by Gasteiger charge is -2.40. The van der Waals surface area contributed by atoms with Crippen LogP contribution in [0.1, 0.15) is 104 Å². The van der Waals surface area contributed by atoms with E-state index in [1.807, 2.05) is 0 Å². The highest BCUT2D eigenvalue weighted by molar-refractivity contribution is 7.47. The molecule has 1 heterocycles. The van der Waals surface area contributed by atoms with Gasteiger partial charge in [-0.3, -0.25) is 9.42 Å². The minimum atomic E-state index is -5.91. The van der Waals surface area contributed by atoms with Gasteiger partial charge in [-0.05, 0) is 212 Å². The standard InChI is InChI=1S/C66H41F24O4P/c1-29-7-40-24-54(42-13-34(38-19-47(63(79,80)81)27-48(20-38)64(82,83)84)10-35(14-42)39-21-49(65(85,86)87)28-50(22-39)66(88,89)90)58-56(52(40)8-30(29)2)55-51-6-4-3-5-31(51)23-53(57(55)93-95(91,92)94-58)41-11-32(36-15-43(59(67,68)69)25-44(16-36)60(70,71)72)9-33(12-41)37-17-45(61(73,74)75)26-46(18-37)62(76,77)78/h3-6,9-22,24-30,53,55,57H,7-8,23H2,1-2H3,(H,91,92)/t29?,30?,53?,55-,57?/m1/s1. The molecule has 0 saturated heterocycles. The molecule has 5 unspecified atom stereocenters. The van der Waals surface area contributed by atoms with E-state index in [9.17, 15) is 110 Å². The van der Waals surface area contributed by atoms with Gasteiger partial charge in [0.25, 0.3) is 0 Å². The summed E-state index contributed by atoms with van der Waals surface area (Å²) >= 11 is 0. The summed E-state index contributed by atoms with van der Waals surface area (Å²) in [7, 11) is -5.91. The van der Waals surface area contributed by atoms with Gasteiger partial charge in [-0.1, -0.05) is 50.2 Å². The number of fused-ring (bicyclic) bond motifs is 7. The lowest BCUT2D eigenvalue weighted by Crippen LogP contribution is -2.36. The molecular weight excluding hydrogens is 1340 g/mol. The minimum Gasteiger partial charge on any atom is -0.403 e. The molecule has 0 aromatic heterocycles.